The maximum Gasteiger partial charge on any atom is 0.256 e. The number of anilines is 1. The first kappa shape index (κ1) is 17.9. The Labute approximate surface area is 157 Å². The molecule has 26 heavy (non-hydrogen) atoms. The van der Waals surface area contributed by atoms with Crippen LogP contribution in [-0.4, -0.2) is 11.8 Å². The standard InChI is InChI=1S/C19H14BrFN2O3/c20-16-8-7-12(21)10-15(16)19(25)23-17-6-2-1-5-14(17)18(24)22-11-13-4-3-9-26-13/h1-10H,11H2,(H,22,24)(H,23,25). The summed E-state index contributed by atoms with van der Waals surface area (Å²) in [5, 5.41) is 5.37. The Morgan fingerprint density at radius 1 is 1.00 bits per heavy atom. The largest absolute Gasteiger partial charge is 0.467 e. The fourth-order valence-electron chi connectivity index (χ4n) is 2.33. The molecule has 0 spiro atoms. The Kier molecular flexibility index (Phi) is 5.48. The summed E-state index contributed by atoms with van der Waals surface area (Å²) in [6, 6.07) is 13.9. The predicted molar refractivity (Wildman–Crippen MR) is 98.4 cm³/mol. The summed E-state index contributed by atoms with van der Waals surface area (Å²) in [5.74, 6) is -0.801. The Balaban J connectivity index is 1.77. The third-order valence-electron chi connectivity index (χ3n) is 3.60. The van der Waals surface area contributed by atoms with Gasteiger partial charge >= 0.3 is 0 Å². The molecule has 0 aliphatic rings. The second-order valence-corrected chi connectivity index (χ2v) is 6.24. The van der Waals surface area contributed by atoms with E-state index in [2.05, 4.69) is 26.6 Å². The Hall–Kier alpha value is -2.93. The zero-order chi connectivity index (χ0) is 18.5. The lowest BCUT2D eigenvalue weighted by Gasteiger charge is -2.12. The van der Waals surface area contributed by atoms with Gasteiger partial charge in [-0.25, -0.2) is 4.39 Å². The van der Waals surface area contributed by atoms with Crippen LogP contribution in [0.4, 0.5) is 10.1 Å². The zero-order valence-electron chi connectivity index (χ0n) is 13.5. The highest BCUT2D eigenvalue weighted by atomic mass is 79.9. The van der Waals surface area contributed by atoms with E-state index >= 15 is 0 Å². The van der Waals surface area contributed by atoms with Gasteiger partial charge < -0.3 is 15.1 Å². The fourth-order valence-corrected chi connectivity index (χ4v) is 2.75. The molecule has 0 saturated carbocycles. The summed E-state index contributed by atoms with van der Waals surface area (Å²) in [6.45, 7) is 0.226. The van der Waals surface area contributed by atoms with E-state index in [9.17, 15) is 14.0 Å². The number of hydrogen-bond donors (Lipinski definition) is 2. The fraction of sp³-hybridized carbons (Fsp3) is 0.0526. The highest BCUT2D eigenvalue weighted by molar-refractivity contribution is 9.10. The van der Waals surface area contributed by atoms with Crippen molar-refractivity contribution in [3.8, 4) is 0 Å². The number of carbonyl (C=O) groups is 2. The third-order valence-corrected chi connectivity index (χ3v) is 4.29. The van der Waals surface area contributed by atoms with E-state index in [0.717, 1.165) is 6.07 Å². The first-order valence-electron chi connectivity index (χ1n) is 7.70. The first-order chi connectivity index (χ1) is 12.5. The smallest absolute Gasteiger partial charge is 0.256 e. The van der Waals surface area contributed by atoms with Crippen LogP contribution in [0.5, 0.6) is 0 Å². The molecule has 0 bridgehead atoms. The molecule has 2 amide bonds. The lowest BCUT2D eigenvalue weighted by atomic mass is 10.1. The van der Waals surface area contributed by atoms with Crippen molar-refractivity contribution in [2.24, 2.45) is 0 Å². The van der Waals surface area contributed by atoms with Crippen LogP contribution in [0.25, 0.3) is 0 Å². The van der Waals surface area contributed by atoms with E-state index in [1.165, 1.54) is 18.4 Å². The van der Waals surface area contributed by atoms with Crippen LogP contribution >= 0.6 is 15.9 Å². The summed E-state index contributed by atoms with van der Waals surface area (Å²) in [4.78, 5) is 24.9. The van der Waals surface area contributed by atoms with Gasteiger partial charge in [0.05, 0.1) is 29.6 Å². The molecular formula is C19H14BrFN2O3. The van der Waals surface area contributed by atoms with Crippen LogP contribution < -0.4 is 10.6 Å². The van der Waals surface area contributed by atoms with Crippen molar-refractivity contribution in [1.82, 2.24) is 5.32 Å². The van der Waals surface area contributed by atoms with Gasteiger partial charge in [-0.05, 0) is 58.4 Å². The monoisotopic (exact) mass is 416 g/mol. The third kappa shape index (κ3) is 4.18. The van der Waals surface area contributed by atoms with E-state index in [1.807, 2.05) is 0 Å². The number of rotatable bonds is 5. The quantitative estimate of drug-likeness (QED) is 0.648. The molecule has 0 radical (unpaired) electrons. The zero-order valence-corrected chi connectivity index (χ0v) is 15.0. The van der Waals surface area contributed by atoms with Crippen molar-refractivity contribution in [3.05, 3.63) is 88.0 Å². The van der Waals surface area contributed by atoms with Gasteiger partial charge in [0.25, 0.3) is 11.8 Å². The normalized spacial score (nSPS) is 10.4. The molecule has 1 aromatic heterocycles. The van der Waals surface area contributed by atoms with Crippen molar-refractivity contribution in [3.63, 3.8) is 0 Å². The van der Waals surface area contributed by atoms with Gasteiger partial charge in [0, 0.05) is 4.47 Å². The second-order valence-electron chi connectivity index (χ2n) is 5.39. The molecule has 0 aliphatic carbocycles. The average Bonchev–Trinajstić information content (AvgIpc) is 3.15. The molecule has 0 atom stereocenters. The summed E-state index contributed by atoms with van der Waals surface area (Å²) in [7, 11) is 0. The Morgan fingerprint density at radius 3 is 2.58 bits per heavy atom. The van der Waals surface area contributed by atoms with E-state index < -0.39 is 11.7 Å². The molecule has 3 aromatic rings. The first-order valence-corrected chi connectivity index (χ1v) is 8.50. The maximum atomic E-state index is 13.4. The number of benzene rings is 2. The highest BCUT2D eigenvalue weighted by Crippen LogP contribution is 2.21. The lowest BCUT2D eigenvalue weighted by molar-refractivity contribution is 0.0949. The second kappa shape index (κ2) is 7.97. The number of carbonyl (C=O) groups excluding carboxylic acids is 2. The van der Waals surface area contributed by atoms with Crippen molar-refractivity contribution < 1.29 is 18.4 Å². The van der Waals surface area contributed by atoms with Crippen LogP contribution in [0, 0.1) is 5.82 Å². The predicted octanol–water partition coefficient (Wildman–Crippen LogP) is 4.36. The van der Waals surface area contributed by atoms with Crippen molar-refractivity contribution in [2.45, 2.75) is 6.54 Å². The van der Waals surface area contributed by atoms with Gasteiger partial charge in [-0.1, -0.05) is 12.1 Å². The van der Waals surface area contributed by atoms with Gasteiger partial charge in [-0.2, -0.15) is 0 Å². The van der Waals surface area contributed by atoms with E-state index in [4.69, 9.17) is 4.42 Å². The SMILES string of the molecule is O=C(Nc1ccccc1C(=O)NCc1ccco1)c1cc(F)ccc1Br. The minimum absolute atomic E-state index is 0.135. The number of furan rings is 1. The number of nitrogens with one attached hydrogen (secondary N) is 2. The molecule has 1 heterocycles. The van der Waals surface area contributed by atoms with E-state index in [1.54, 1.807) is 36.4 Å². The molecule has 2 aromatic carbocycles. The molecule has 0 aliphatic heterocycles. The molecule has 7 heteroatoms. The topological polar surface area (TPSA) is 71.3 Å². The van der Waals surface area contributed by atoms with Crippen LogP contribution in [0.1, 0.15) is 26.5 Å². The van der Waals surface area contributed by atoms with E-state index in [-0.39, 0.29) is 18.0 Å². The van der Waals surface area contributed by atoms with Crippen LogP contribution in [-0.2, 0) is 6.54 Å². The molecule has 0 unspecified atom stereocenters. The summed E-state index contributed by atoms with van der Waals surface area (Å²) < 4.78 is 19.0. The van der Waals surface area contributed by atoms with Crippen molar-refractivity contribution in [1.29, 1.82) is 0 Å². The molecular weight excluding hydrogens is 403 g/mol. The minimum Gasteiger partial charge on any atom is -0.467 e. The number of para-hydroxylation sites is 1. The summed E-state index contributed by atoms with van der Waals surface area (Å²) in [6.07, 6.45) is 1.52. The number of amides is 2. The van der Waals surface area contributed by atoms with Crippen molar-refractivity contribution in [2.75, 3.05) is 5.32 Å². The molecule has 132 valence electrons. The Morgan fingerprint density at radius 2 is 1.81 bits per heavy atom. The van der Waals surface area contributed by atoms with Crippen LogP contribution in [0.3, 0.4) is 0 Å². The van der Waals surface area contributed by atoms with Gasteiger partial charge in [0.1, 0.15) is 11.6 Å². The Bertz CT molecular complexity index is 942. The van der Waals surface area contributed by atoms with Gasteiger partial charge in [0.15, 0.2) is 0 Å². The number of halogens is 2. The maximum absolute atomic E-state index is 13.4. The van der Waals surface area contributed by atoms with Crippen molar-refractivity contribution >= 4 is 33.4 Å². The van der Waals surface area contributed by atoms with Crippen LogP contribution in [0.15, 0.2) is 69.8 Å². The summed E-state index contributed by atoms with van der Waals surface area (Å²) >= 11 is 3.22. The minimum atomic E-state index is -0.525. The molecule has 0 saturated heterocycles. The molecule has 2 N–H and O–H groups in total. The average molecular weight is 417 g/mol. The van der Waals surface area contributed by atoms with Gasteiger partial charge in [-0.15, -0.1) is 0 Å². The van der Waals surface area contributed by atoms with Crippen LogP contribution in [0.2, 0.25) is 0 Å². The highest BCUT2D eigenvalue weighted by Gasteiger charge is 2.16. The summed E-state index contributed by atoms with van der Waals surface area (Å²) in [5.41, 5.74) is 0.751. The molecule has 3 rings (SSSR count). The molecule has 0 fully saturated rings. The van der Waals surface area contributed by atoms with Gasteiger partial charge in [0.2, 0.25) is 0 Å². The number of hydrogen-bond acceptors (Lipinski definition) is 3. The van der Waals surface area contributed by atoms with Gasteiger partial charge in [-0.3, -0.25) is 9.59 Å². The lowest BCUT2D eigenvalue weighted by Crippen LogP contribution is -2.24. The molecule has 5 nitrogen and oxygen atoms in total. The van der Waals surface area contributed by atoms with E-state index in [0.29, 0.717) is 21.5 Å².